The maximum atomic E-state index is 5.29. The zero-order chi connectivity index (χ0) is 23.9. The van der Waals surface area contributed by atoms with E-state index >= 15 is 0 Å². The third-order valence-corrected chi connectivity index (χ3v) is 5.59. The van der Waals surface area contributed by atoms with Crippen LogP contribution in [0.15, 0.2) is 126 Å². The minimum absolute atomic E-state index is 0.432. The Hall–Kier alpha value is -4.55. The van der Waals surface area contributed by atoms with Gasteiger partial charge in [0, 0.05) is 16.8 Å². The van der Waals surface area contributed by atoms with Crippen molar-refractivity contribution in [3.05, 3.63) is 127 Å². The molecule has 0 bridgehead atoms. The maximum Gasteiger partial charge on any atom is 0.191 e. The molecule has 170 valence electrons. The lowest BCUT2D eigenvalue weighted by atomic mass is 10.1. The van der Waals surface area contributed by atoms with Gasteiger partial charge in [-0.25, -0.2) is 4.68 Å². The number of thiocarbonyl (C=S) groups is 1. The Morgan fingerprint density at radius 1 is 0.743 bits per heavy atom. The highest BCUT2D eigenvalue weighted by molar-refractivity contribution is 7.80. The van der Waals surface area contributed by atoms with Gasteiger partial charge in [0.15, 0.2) is 5.11 Å². The van der Waals surface area contributed by atoms with Gasteiger partial charge in [0.05, 0.1) is 23.3 Å². The van der Waals surface area contributed by atoms with Crippen molar-refractivity contribution in [1.29, 1.82) is 0 Å². The van der Waals surface area contributed by atoms with Gasteiger partial charge in [0.25, 0.3) is 0 Å². The van der Waals surface area contributed by atoms with E-state index in [1.165, 1.54) is 0 Å². The van der Waals surface area contributed by atoms with Crippen LogP contribution >= 0.6 is 12.2 Å². The molecule has 0 aliphatic carbocycles. The summed E-state index contributed by atoms with van der Waals surface area (Å²) in [6.45, 7) is 0. The highest BCUT2D eigenvalue weighted by Crippen LogP contribution is 2.28. The first-order valence-corrected chi connectivity index (χ1v) is 11.6. The van der Waals surface area contributed by atoms with E-state index in [1.807, 2.05) is 95.7 Å². The third kappa shape index (κ3) is 5.51. The van der Waals surface area contributed by atoms with Crippen molar-refractivity contribution in [2.75, 3.05) is 5.32 Å². The first kappa shape index (κ1) is 22.3. The summed E-state index contributed by atoms with van der Waals surface area (Å²) in [6, 6.07) is 40.5. The van der Waals surface area contributed by atoms with Gasteiger partial charge in [0.1, 0.15) is 0 Å². The summed E-state index contributed by atoms with van der Waals surface area (Å²) < 4.78 is 1.98. The molecule has 2 N–H and O–H groups in total. The van der Waals surface area contributed by atoms with Gasteiger partial charge in [-0.3, -0.25) is 5.43 Å². The fourth-order valence-corrected chi connectivity index (χ4v) is 3.86. The number of nitrogens with zero attached hydrogens (tertiary/aromatic N) is 3. The van der Waals surface area contributed by atoms with E-state index in [0.717, 1.165) is 39.5 Å². The number of para-hydroxylation sites is 1. The fourth-order valence-electron chi connectivity index (χ4n) is 3.69. The second-order valence-electron chi connectivity index (χ2n) is 7.84. The normalized spacial score (nSPS) is 10.9. The second kappa shape index (κ2) is 10.6. The molecule has 1 aromatic heterocycles. The van der Waals surface area contributed by atoms with Crippen LogP contribution in [0.3, 0.4) is 0 Å². The molecule has 0 fully saturated rings. The van der Waals surface area contributed by atoms with Crippen molar-refractivity contribution >= 4 is 29.2 Å². The van der Waals surface area contributed by atoms with Gasteiger partial charge < -0.3 is 5.32 Å². The zero-order valence-corrected chi connectivity index (χ0v) is 19.7. The van der Waals surface area contributed by atoms with Crippen molar-refractivity contribution in [2.24, 2.45) is 5.10 Å². The van der Waals surface area contributed by atoms with Gasteiger partial charge in [-0.05, 0) is 48.1 Å². The molecule has 1 heterocycles. The Morgan fingerprint density at radius 3 is 2.00 bits per heavy atom. The first-order chi connectivity index (χ1) is 17.3. The summed E-state index contributed by atoms with van der Waals surface area (Å²) in [6.07, 6.45) is 1.74. The predicted molar refractivity (Wildman–Crippen MR) is 148 cm³/mol. The molecule has 5 aromatic rings. The zero-order valence-electron chi connectivity index (χ0n) is 18.9. The highest BCUT2D eigenvalue weighted by Gasteiger charge is 2.13. The number of hydrogen-bond donors (Lipinski definition) is 2. The largest absolute Gasteiger partial charge is 0.331 e. The number of hydrazone groups is 1. The molecule has 0 saturated carbocycles. The number of benzene rings is 4. The van der Waals surface area contributed by atoms with Crippen molar-refractivity contribution in [1.82, 2.24) is 15.2 Å². The van der Waals surface area contributed by atoms with Crippen molar-refractivity contribution in [3.63, 3.8) is 0 Å². The van der Waals surface area contributed by atoms with Crippen molar-refractivity contribution < 1.29 is 0 Å². The molecule has 0 unspecified atom stereocenters. The lowest BCUT2D eigenvalue weighted by Crippen LogP contribution is -2.23. The monoisotopic (exact) mass is 473 g/mol. The average molecular weight is 474 g/mol. The van der Waals surface area contributed by atoms with E-state index in [2.05, 4.69) is 46.2 Å². The quantitative estimate of drug-likeness (QED) is 0.167. The van der Waals surface area contributed by atoms with Crippen LogP contribution in [0.4, 0.5) is 5.69 Å². The summed E-state index contributed by atoms with van der Waals surface area (Å²) in [4.78, 5) is 0. The Morgan fingerprint density at radius 2 is 1.34 bits per heavy atom. The van der Waals surface area contributed by atoms with E-state index in [-0.39, 0.29) is 0 Å². The van der Waals surface area contributed by atoms with Gasteiger partial charge in [-0.2, -0.15) is 10.2 Å². The van der Waals surface area contributed by atoms with Crippen LogP contribution in [-0.2, 0) is 0 Å². The molecular weight excluding hydrogens is 450 g/mol. The summed E-state index contributed by atoms with van der Waals surface area (Å²) in [7, 11) is 0. The summed E-state index contributed by atoms with van der Waals surface area (Å²) >= 11 is 5.29. The van der Waals surface area contributed by atoms with Gasteiger partial charge in [-0.15, -0.1) is 0 Å². The average Bonchev–Trinajstić information content (AvgIpc) is 3.36. The molecule has 0 aliphatic rings. The number of nitrogens with one attached hydrogen (secondary N) is 2. The van der Waals surface area contributed by atoms with Crippen LogP contribution in [0.1, 0.15) is 5.56 Å². The molecule has 0 amide bonds. The number of hydrogen-bond acceptors (Lipinski definition) is 3. The minimum Gasteiger partial charge on any atom is -0.331 e. The van der Waals surface area contributed by atoms with Crippen molar-refractivity contribution in [2.45, 2.75) is 0 Å². The Kier molecular flexibility index (Phi) is 6.73. The smallest absolute Gasteiger partial charge is 0.191 e. The Bertz CT molecular complexity index is 1430. The number of aromatic nitrogens is 2. The molecule has 0 atom stereocenters. The molecule has 0 saturated heterocycles. The Balaban J connectivity index is 1.35. The molecule has 4 aromatic carbocycles. The molecule has 35 heavy (non-hydrogen) atoms. The minimum atomic E-state index is 0.432. The van der Waals surface area contributed by atoms with Crippen LogP contribution in [0.2, 0.25) is 0 Å². The van der Waals surface area contributed by atoms with Crippen LogP contribution in [0.25, 0.3) is 28.2 Å². The molecular formula is C29H23N5S. The second-order valence-corrected chi connectivity index (χ2v) is 8.25. The van der Waals surface area contributed by atoms with Crippen molar-refractivity contribution in [3.8, 4) is 28.2 Å². The molecule has 0 aliphatic heterocycles. The maximum absolute atomic E-state index is 5.29. The molecule has 0 spiro atoms. The molecule has 6 heteroatoms. The summed E-state index contributed by atoms with van der Waals surface area (Å²) in [5.74, 6) is 0. The van der Waals surface area contributed by atoms with Crippen LogP contribution in [0.5, 0.6) is 0 Å². The topological polar surface area (TPSA) is 54.2 Å². The molecule has 5 nitrogen and oxygen atoms in total. The number of rotatable bonds is 6. The molecule has 5 rings (SSSR count). The summed E-state index contributed by atoms with van der Waals surface area (Å²) in [5.41, 5.74) is 9.83. The lowest BCUT2D eigenvalue weighted by molar-refractivity contribution is 0.892. The SMILES string of the molecule is S=C(N/N=C\c1ccc(-n2nc(-c3ccccc3)cc2-c2ccccc2)cc1)Nc1ccccc1. The predicted octanol–water partition coefficient (Wildman–Crippen LogP) is 6.53. The van der Waals surface area contributed by atoms with Gasteiger partial charge in [0.2, 0.25) is 0 Å². The van der Waals surface area contributed by atoms with E-state index in [9.17, 15) is 0 Å². The van der Waals surface area contributed by atoms with Crippen LogP contribution < -0.4 is 10.7 Å². The van der Waals surface area contributed by atoms with E-state index in [4.69, 9.17) is 17.3 Å². The van der Waals surface area contributed by atoms with E-state index in [1.54, 1.807) is 6.21 Å². The third-order valence-electron chi connectivity index (χ3n) is 5.40. The standard InChI is InChI=1S/C29H23N5S/c35-29(31-25-14-8-3-9-15-25)32-30-21-22-16-18-26(19-17-22)34-28(24-12-6-2-7-13-24)20-27(33-34)23-10-4-1-5-11-23/h1-21H,(H2,31,32,35)/b30-21-. The van der Waals surface area contributed by atoms with Crippen LogP contribution in [-0.4, -0.2) is 21.1 Å². The van der Waals surface area contributed by atoms with Crippen LogP contribution in [0, 0.1) is 0 Å². The highest BCUT2D eigenvalue weighted by atomic mass is 32.1. The fraction of sp³-hybridized carbons (Fsp3) is 0. The Labute approximate surface area is 209 Å². The van der Waals surface area contributed by atoms with Gasteiger partial charge in [-0.1, -0.05) is 91.0 Å². The van der Waals surface area contributed by atoms with E-state index < -0.39 is 0 Å². The van der Waals surface area contributed by atoms with Gasteiger partial charge >= 0.3 is 0 Å². The summed E-state index contributed by atoms with van der Waals surface area (Å²) in [5, 5.41) is 12.7. The van der Waals surface area contributed by atoms with E-state index in [0.29, 0.717) is 5.11 Å². The first-order valence-electron chi connectivity index (χ1n) is 11.2. The lowest BCUT2D eigenvalue weighted by Gasteiger charge is -2.08. The number of anilines is 1. The molecule has 0 radical (unpaired) electrons.